The number of nitrogens with zero attached hydrogens (tertiary/aromatic N) is 4. The molecule has 0 saturated carbocycles. The van der Waals surface area contributed by atoms with Crippen molar-refractivity contribution in [3.8, 4) is 11.4 Å². The molecule has 3 aromatic rings. The predicted octanol–water partition coefficient (Wildman–Crippen LogP) is 4.27. The molecule has 31 heavy (non-hydrogen) atoms. The van der Waals surface area contributed by atoms with Crippen LogP contribution in [0.3, 0.4) is 0 Å². The highest BCUT2D eigenvalue weighted by molar-refractivity contribution is 6.05. The third-order valence-corrected chi connectivity index (χ3v) is 4.76. The topological polar surface area (TPSA) is 90.5 Å². The normalized spacial score (nSPS) is 13.6. The van der Waals surface area contributed by atoms with Gasteiger partial charge < -0.3 is 9.64 Å². The van der Waals surface area contributed by atoms with E-state index >= 15 is 0 Å². The first-order valence-corrected chi connectivity index (χ1v) is 9.22. The average molecular weight is 432 g/mol. The second kappa shape index (κ2) is 7.74. The van der Waals surface area contributed by atoms with E-state index in [9.17, 15) is 28.1 Å². The van der Waals surface area contributed by atoms with Crippen molar-refractivity contribution in [2.24, 2.45) is 0 Å². The summed E-state index contributed by atoms with van der Waals surface area (Å²) in [6.07, 6.45) is -2.20. The van der Waals surface area contributed by atoms with Gasteiger partial charge >= 0.3 is 6.36 Å². The van der Waals surface area contributed by atoms with E-state index in [4.69, 9.17) is 0 Å². The number of nitro benzene ring substituents is 1. The van der Waals surface area contributed by atoms with Crippen LogP contribution in [0.5, 0.6) is 5.75 Å². The van der Waals surface area contributed by atoms with Gasteiger partial charge in [-0.25, -0.2) is 4.68 Å². The number of alkyl halides is 3. The van der Waals surface area contributed by atoms with Gasteiger partial charge in [0.1, 0.15) is 5.75 Å². The summed E-state index contributed by atoms with van der Waals surface area (Å²) in [7, 11) is 0. The lowest BCUT2D eigenvalue weighted by Crippen LogP contribution is -2.35. The second-order valence-corrected chi connectivity index (χ2v) is 6.82. The SMILES string of the molecule is O=C(c1ccn(-c2cccc([N+](=O)[O-])c2)n1)N1CCCc2cc(OC(F)(F)F)ccc21. The van der Waals surface area contributed by atoms with Gasteiger partial charge in [0.15, 0.2) is 5.69 Å². The largest absolute Gasteiger partial charge is 0.573 e. The minimum atomic E-state index is -4.79. The van der Waals surface area contributed by atoms with Crippen molar-refractivity contribution >= 4 is 17.3 Å². The minimum Gasteiger partial charge on any atom is -0.406 e. The maximum Gasteiger partial charge on any atom is 0.573 e. The summed E-state index contributed by atoms with van der Waals surface area (Å²) < 4.78 is 42.7. The third kappa shape index (κ3) is 4.34. The van der Waals surface area contributed by atoms with Crippen LogP contribution in [0.2, 0.25) is 0 Å². The summed E-state index contributed by atoms with van der Waals surface area (Å²) in [6.45, 7) is 0.384. The molecule has 4 rings (SSSR count). The Morgan fingerprint density at radius 1 is 1.16 bits per heavy atom. The van der Waals surface area contributed by atoms with E-state index in [-0.39, 0.29) is 17.1 Å². The first-order valence-electron chi connectivity index (χ1n) is 9.22. The highest BCUT2D eigenvalue weighted by Gasteiger charge is 2.32. The summed E-state index contributed by atoms with van der Waals surface area (Å²) >= 11 is 0. The smallest absolute Gasteiger partial charge is 0.406 e. The number of aryl methyl sites for hydroxylation is 1. The van der Waals surface area contributed by atoms with Crippen LogP contribution in [0.1, 0.15) is 22.5 Å². The first kappa shape index (κ1) is 20.4. The number of aromatic nitrogens is 2. The molecule has 0 saturated heterocycles. The summed E-state index contributed by atoms with van der Waals surface area (Å²) in [4.78, 5) is 24.9. The van der Waals surface area contributed by atoms with Gasteiger partial charge in [-0.3, -0.25) is 14.9 Å². The zero-order valence-electron chi connectivity index (χ0n) is 15.9. The number of benzene rings is 2. The molecule has 0 unspecified atom stereocenters. The number of fused-ring (bicyclic) bond motifs is 1. The molecule has 0 bridgehead atoms. The van der Waals surface area contributed by atoms with E-state index in [2.05, 4.69) is 9.84 Å². The number of carbonyl (C=O) groups is 1. The van der Waals surface area contributed by atoms with Gasteiger partial charge in [0, 0.05) is 30.6 Å². The number of carbonyl (C=O) groups excluding carboxylic acids is 1. The molecule has 1 aliphatic rings. The summed E-state index contributed by atoms with van der Waals surface area (Å²) in [6, 6.07) is 11.2. The van der Waals surface area contributed by atoms with Gasteiger partial charge in [0.2, 0.25) is 0 Å². The third-order valence-electron chi connectivity index (χ3n) is 4.76. The number of nitro groups is 1. The number of ether oxygens (including phenoxy) is 1. The fraction of sp³-hybridized carbons (Fsp3) is 0.200. The molecule has 0 aliphatic carbocycles. The molecule has 1 aliphatic heterocycles. The van der Waals surface area contributed by atoms with Gasteiger partial charge in [0.25, 0.3) is 11.6 Å². The lowest BCUT2D eigenvalue weighted by molar-refractivity contribution is -0.384. The molecule has 2 heterocycles. The molecule has 11 heteroatoms. The maximum absolute atomic E-state index is 13.0. The zero-order valence-corrected chi connectivity index (χ0v) is 15.9. The molecule has 0 radical (unpaired) electrons. The zero-order chi connectivity index (χ0) is 22.2. The molecule has 0 atom stereocenters. The Labute approximate surface area is 173 Å². The molecule has 0 N–H and O–H groups in total. The Morgan fingerprint density at radius 3 is 2.71 bits per heavy atom. The molecule has 160 valence electrons. The van der Waals surface area contributed by atoms with E-state index in [1.807, 2.05) is 0 Å². The van der Waals surface area contributed by atoms with Crippen LogP contribution in [0.4, 0.5) is 24.5 Å². The highest BCUT2D eigenvalue weighted by Crippen LogP contribution is 2.33. The number of rotatable bonds is 4. The Bertz CT molecular complexity index is 1160. The molecular formula is C20H15F3N4O4. The van der Waals surface area contributed by atoms with Crippen LogP contribution < -0.4 is 9.64 Å². The van der Waals surface area contributed by atoms with Gasteiger partial charge in [-0.2, -0.15) is 5.10 Å². The number of non-ortho nitro benzene ring substituents is 1. The average Bonchev–Trinajstić information content (AvgIpc) is 3.22. The Morgan fingerprint density at radius 2 is 1.97 bits per heavy atom. The van der Waals surface area contributed by atoms with Crippen LogP contribution in [0.15, 0.2) is 54.7 Å². The maximum atomic E-state index is 13.0. The number of anilines is 1. The van der Waals surface area contributed by atoms with E-state index < -0.39 is 17.2 Å². The summed E-state index contributed by atoms with van der Waals surface area (Å²) in [5.41, 5.74) is 1.48. The summed E-state index contributed by atoms with van der Waals surface area (Å²) in [5, 5.41) is 15.2. The molecule has 0 fully saturated rings. The van der Waals surface area contributed by atoms with Crippen molar-refractivity contribution in [3.05, 3.63) is 76.1 Å². The van der Waals surface area contributed by atoms with Crippen LogP contribution in [-0.2, 0) is 6.42 Å². The van der Waals surface area contributed by atoms with E-state index in [1.54, 1.807) is 6.07 Å². The van der Waals surface area contributed by atoms with Crippen molar-refractivity contribution in [3.63, 3.8) is 0 Å². The van der Waals surface area contributed by atoms with Gasteiger partial charge in [0.05, 0.1) is 10.6 Å². The number of hydrogen-bond acceptors (Lipinski definition) is 5. The minimum absolute atomic E-state index is 0.106. The first-order chi connectivity index (χ1) is 14.7. The van der Waals surface area contributed by atoms with Crippen molar-refractivity contribution in [2.75, 3.05) is 11.4 Å². The van der Waals surface area contributed by atoms with Crippen molar-refractivity contribution in [2.45, 2.75) is 19.2 Å². The van der Waals surface area contributed by atoms with Crippen molar-refractivity contribution in [1.29, 1.82) is 0 Å². The van der Waals surface area contributed by atoms with Crippen LogP contribution in [-0.4, -0.2) is 33.5 Å². The Hall–Kier alpha value is -3.89. The Balaban J connectivity index is 1.59. The molecule has 1 amide bonds. The number of halogens is 3. The van der Waals surface area contributed by atoms with Gasteiger partial charge in [-0.15, -0.1) is 13.2 Å². The van der Waals surface area contributed by atoms with E-state index in [0.29, 0.717) is 36.3 Å². The molecule has 8 nitrogen and oxygen atoms in total. The fourth-order valence-electron chi connectivity index (χ4n) is 3.45. The van der Waals surface area contributed by atoms with Crippen LogP contribution in [0, 0.1) is 10.1 Å². The summed E-state index contributed by atoms with van der Waals surface area (Å²) in [5.74, 6) is -0.759. The number of amides is 1. The molecule has 2 aromatic carbocycles. The Kier molecular flexibility index (Phi) is 5.09. The van der Waals surface area contributed by atoms with E-state index in [0.717, 1.165) is 0 Å². The molecule has 0 spiro atoms. The van der Waals surface area contributed by atoms with Gasteiger partial charge in [-0.05, 0) is 48.7 Å². The quantitative estimate of drug-likeness (QED) is 0.454. The molecular weight excluding hydrogens is 417 g/mol. The monoisotopic (exact) mass is 432 g/mol. The predicted molar refractivity (Wildman–Crippen MR) is 103 cm³/mol. The van der Waals surface area contributed by atoms with E-state index in [1.165, 1.54) is 58.2 Å². The van der Waals surface area contributed by atoms with Gasteiger partial charge in [-0.1, -0.05) is 6.07 Å². The van der Waals surface area contributed by atoms with Crippen LogP contribution in [0.25, 0.3) is 5.69 Å². The highest BCUT2D eigenvalue weighted by atomic mass is 19.4. The molecule has 1 aromatic heterocycles. The standard InChI is InChI=1S/C20H15F3N4O4/c21-20(22,23)31-16-6-7-18-13(11-16)3-2-9-25(18)19(28)17-8-10-26(24-17)14-4-1-5-15(12-14)27(29)30/h1,4-8,10-12H,2-3,9H2. The number of hydrogen-bond donors (Lipinski definition) is 0. The second-order valence-electron chi connectivity index (χ2n) is 6.82. The lowest BCUT2D eigenvalue weighted by atomic mass is 10.0. The lowest BCUT2D eigenvalue weighted by Gasteiger charge is -2.29. The van der Waals surface area contributed by atoms with Crippen molar-refractivity contribution < 1.29 is 27.6 Å². The fourth-order valence-corrected chi connectivity index (χ4v) is 3.45. The van der Waals surface area contributed by atoms with Crippen LogP contribution >= 0.6 is 0 Å². The van der Waals surface area contributed by atoms with Crippen molar-refractivity contribution in [1.82, 2.24) is 9.78 Å².